The highest BCUT2D eigenvalue weighted by Gasteiger charge is 2.48. The van der Waals surface area contributed by atoms with E-state index in [9.17, 15) is 9.36 Å². The number of amides is 1. The number of hydrogen-bond acceptors (Lipinski definition) is 3. The van der Waals surface area contributed by atoms with Crippen LogP contribution in [0.1, 0.15) is 28.4 Å². The highest BCUT2D eigenvalue weighted by atomic mass is 35.6. The van der Waals surface area contributed by atoms with Gasteiger partial charge >= 0.3 is 0 Å². The predicted octanol–water partition coefficient (Wildman–Crippen LogP) is 5.44. The first-order chi connectivity index (χ1) is 13.2. The van der Waals surface area contributed by atoms with E-state index in [1.54, 1.807) is 31.2 Å². The first kappa shape index (κ1) is 23.2. The molecule has 2 atom stereocenters. The summed E-state index contributed by atoms with van der Waals surface area (Å²) in [6, 6.07) is 16.2. The van der Waals surface area contributed by atoms with Gasteiger partial charge in [0.25, 0.3) is 13.4 Å². The van der Waals surface area contributed by atoms with E-state index in [0.717, 1.165) is 11.1 Å². The van der Waals surface area contributed by atoms with Crippen LogP contribution in [0, 0.1) is 6.92 Å². The van der Waals surface area contributed by atoms with Gasteiger partial charge in [0.1, 0.15) is 0 Å². The molecular formula is C19H22Cl3N2O3P. The summed E-state index contributed by atoms with van der Waals surface area (Å²) in [5.41, 5.74) is 2.23. The van der Waals surface area contributed by atoms with Crippen LogP contribution in [0.4, 0.5) is 0 Å². The fourth-order valence-electron chi connectivity index (χ4n) is 2.47. The topological polar surface area (TPSA) is 67.4 Å². The number of aryl methyl sites for hydroxylation is 1. The number of benzene rings is 2. The molecule has 2 aromatic carbocycles. The zero-order valence-corrected chi connectivity index (χ0v) is 18.7. The van der Waals surface area contributed by atoms with E-state index in [1.807, 2.05) is 37.3 Å². The molecule has 0 aliphatic heterocycles. The molecule has 0 aliphatic carbocycles. The van der Waals surface area contributed by atoms with Gasteiger partial charge in [0.2, 0.25) is 3.79 Å². The molecule has 9 heteroatoms. The molecule has 0 bridgehead atoms. The molecule has 28 heavy (non-hydrogen) atoms. The normalized spacial score (nSPS) is 14.9. The number of rotatable bonds is 8. The van der Waals surface area contributed by atoms with Crippen LogP contribution >= 0.6 is 42.3 Å². The van der Waals surface area contributed by atoms with Crippen molar-refractivity contribution in [3.8, 4) is 0 Å². The summed E-state index contributed by atoms with van der Waals surface area (Å²) in [5, 5.41) is 5.42. The Labute approximate surface area is 180 Å². The molecule has 0 unspecified atom stereocenters. The lowest BCUT2D eigenvalue weighted by Gasteiger charge is -2.32. The van der Waals surface area contributed by atoms with Crippen molar-refractivity contribution in [3.63, 3.8) is 0 Å². The fraction of sp³-hybridized carbons (Fsp3) is 0.316. The molecule has 0 heterocycles. The molecule has 0 radical (unpaired) electrons. The van der Waals surface area contributed by atoms with E-state index in [4.69, 9.17) is 39.3 Å². The van der Waals surface area contributed by atoms with Gasteiger partial charge < -0.3 is 9.84 Å². The second-order valence-electron chi connectivity index (χ2n) is 6.12. The molecule has 2 aromatic rings. The molecular weight excluding hydrogens is 442 g/mol. The van der Waals surface area contributed by atoms with Crippen LogP contribution in [0.2, 0.25) is 0 Å². The first-order valence-electron chi connectivity index (χ1n) is 8.63. The molecule has 0 aliphatic rings. The van der Waals surface area contributed by atoms with Gasteiger partial charge in [0.15, 0.2) is 5.78 Å². The Kier molecular flexibility index (Phi) is 8.38. The largest absolute Gasteiger partial charge is 0.335 e. The van der Waals surface area contributed by atoms with Gasteiger partial charge in [0, 0.05) is 12.1 Å². The van der Waals surface area contributed by atoms with Crippen molar-refractivity contribution in [1.82, 2.24) is 10.4 Å². The van der Waals surface area contributed by atoms with Gasteiger partial charge in [-0.3, -0.25) is 9.36 Å². The smallest absolute Gasteiger partial charge is 0.296 e. The Hall–Kier alpha value is -1.07. The maximum absolute atomic E-state index is 13.6. The summed E-state index contributed by atoms with van der Waals surface area (Å²) in [7, 11) is -3.78. The Balaban J connectivity index is 2.26. The van der Waals surface area contributed by atoms with E-state index >= 15 is 0 Å². The van der Waals surface area contributed by atoms with Crippen molar-refractivity contribution in [2.75, 3.05) is 6.61 Å². The van der Waals surface area contributed by atoms with E-state index in [1.165, 1.54) is 0 Å². The van der Waals surface area contributed by atoms with E-state index < -0.39 is 23.0 Å². The van der Waals surface area contributed by atoms with Crippen LogP contribution in [0.15, 0.2) is 54.6 Å². The minimum atomic E-state index is -3.78. The molecule has 0 saturated heterocycles. The summed E-state index contributed by atoms with van der Waals surface area (Å²) < 4.78 is 17.0. The minimum absolute atomic E-state index is 0.108. The highest BCUT2D eigenvalue weighted by molar-refractivity contribution is 7.58. The average molecular weight is 464 g/mol. The number of carbonyl (C=O) groups is 1. The van der Waals surface area contributed by atoms with Gasteiger partial charge in [-0.1, -0.05) is 82.8 Å². The first-order valence-corrected chi connectivity index (χ1v) is 11.5. The summed E-state index contributed by atoms with van der Waals surface area (Å²) in [6.07, 6.45) is 0. The third kappa shape index (κ3) is 6.48. The van der Waals surface area contributed by atoms with Gasteiger partial charge in [-0.15, -0.1) is 0 Å². The summed E-state index contributed by atoms with van der Waals surface area (Å²) in [6.45, 7) is 3.91. The minimum Gasteiger partial charge on any atom is -0.335 e. The van der Waals surface area contributed by atoms with E-state index in [0.29, 0.717) is 5.56 Å². The second-order valence-corrected chi connectivity index (χ2v) is 10.8. The molecule has 0 aromatic heterocycles. The van der Waals surface area contributed by atoms with Crippen LogP contribution in [0.25, 0.3) is 0 Å². The molecule has 152 valence electrons. The second kappa shape index (κ2) is 10.1. The van der Waals surface area contributed by atoms with Crippen LogP contribution in [0.5, 0.6) is 0 Å². The molecule has 0 fully saturated rings. The van der Waals surface area contributed by atoms with Gasteiger partial charge in [0.05, 0.1) is 6.61 Å². The van der Waals surface area contributed by atoms with Crippen molar-refractivity contribution in [2.45, 2.75) is 30.0 Å². The monoisotopic (exact) mass is 462 g/mol. The number of nitrogens with one attached hydrogen (secondary N) is 2. The molecule has 0 saturated carbocycles. The predicted molar refractivity (Wildman–Crippen MR) is 115 cm³/mol. The van der Waals surface area contributed by atoms with Crippen molar-refractivity contribution in [2.24, 2.45) is 0 Å². The van der Waals surface area contributed by atoms with Crippen LogP contribution in [-0.2, 0) is 15.6 Å². The Bertz CT molecular complexity index is 827. The van der Waals surface area contributed by atoms with Crippen molar-refractivity contribution in [3.05, 3.63) is 71.3 Å². The third-order valence-electron chi connectivity index (χ3n) is 3.90. The van der Waals surface area contributed by atoms with Crippen molar-refractivity contribution >= 4 is 48.2 Å². The van der Waals surface area contributed by atoms with Gasteiger partial charge in [-0.2, -0.15) is 0 Å². The summed E-state index contributed by atoms with van der Waals surface area (Å²) in [5.74, 6) is -1.90. The number of carbonyl (C=O) groups excluding carboxylic acids is 1. The lowest BCUT2D eigenvalue weighted by atomic mass is 10.1. The Morgan fingerprint density at radius 2 is 1.71 bits per heavy atom. The number of hydrogen-bond donors (Lipinski definition) is 2. The van der Waals surface area contributed by atoms with Gasteiger partial charge in [-0.05, 0) is 31.5 Å². The van der Waals surface area contributed by atoms with E-state index in [-0.39, 0.29) is 13.2 Å². The molecule has 0 spiro atoms. The summed E-state index contributed by atoms with van der Waals surface area (Å²) >= 11 is 18.2. The Morgan fingerprint density at radius 1 is 1.11 bits per heavy atom. The fourth-order valence-corrected chi connectivity index (χ4v) is 5.67. The molecule has 2 rings (SSSR count). The van der Waals surface area contributed by atoms with Gasteiger partial charge in [-0.25, -0.2) is 5.09 Å². The highest BCUT2D eigenvalue weighted by Crippen LogP contribution is 2.55. The SMILES string of the molecule is CCO[P@](=O)(NCc1ccccc1)[C@@H](NC(=O)c1ccc(C)cc1)C(Cl)(Cl)Cl. The Morgan fingerprint density at radius 3 is 2.25 bits per heavy atom. The number of halogens is 3. The third-order valence-corrected chi connectivity index (χ3v) is 7.45. The van der Waals surface area contributed by atoms with Crippen LogP contribution in [0.3, 0.4) is 0 Å². The lowest BCUT2D eigenvalue weighted by Crippen LogP contribution is -2.46. The number of alkyl halides is 3. The molecule has 1 amide bonds. The van der Waals surface area contributed by atoms with E-state index in [2.05, 4.69) is 10.4 Å². The average Bonchev–Trinajstić information content (AvgIpc) is 2.65. The zero-order valence-electron chi connectivity index (χ0n) is 15.5. The molecule has 2 N–H and O–H groups in total. The lowest BCUT2D eigenvalue weighted by molar-refractivity contribution is 0.0944. The maximum Gasteiger partial charge on any atom is 0.296 e. The zero-order chi connectivity index (χ0) is 20.8. The van der Waals surface area contributed by atoms with Crippen molar-refractivity contribution < 1.29 is 13.9 Å². The van der Waals surface area contributed by atoms with Crippen LogP contribution in [-0.4, -0.2) is 22.1 Å². The van der Waals surface area contributed by atoms with Crippen molar-refractivity contribution in [1.29, 1.82) is 0 Å². The van der Waals surface area contributed by atoms with Crippen LogP contribution < -0.4 is 10.4 Å². The quantitative estimate of drug-likeness (QED) is 0.404. The standard InChI is InChI=1S/C19H22Cl3N2O3P/c1-3-27-28(26,23-13-15-7-5-4-6-8-15)18(19(20,21)22)24-17(25)16-11-9-14(2)10-12-16/h4-12,18H,3,13H2,1-2H3,(H,23,26)(H,24,25)/t18-,28+/m1/s1. The summed E-state index contributed by atoms with van der Waals surface area (Å²) in [4.78, 5) is 12.6. The maximum atomic E-state index is 13.6. The molecule has 5 nitrogen and oxygen atoms in total.